The van der Waals surface area contributed by atoms with Crippen LogP contribution in [0.5, 0.6) is 0 Å². The van der Waals surface area contributed by atoms with E-state index in [1.54, 1.807) is 0 Å². The summed E-state index contributed by atoms with van der Waals surface area (Å²) in [6.07, 6.45) is 2.87. The van der Waals surface area contributed by atoms with Gasteiger partial charge >= 0.3 is 0 Å². The predicted molar refractivity (Wildman–Crippen MR) is 61.8 cm³/mol. The molecular weight excluding hydrogens is 172 g/mol. The molecule has 2 nitrogen and oxygen atoms in total. The van der Waals surface area contributed by atoms with Gasteiger partial charge in [0.25, 0.3) is 0 Å². The van der Waals surface area contributed by atoms with Crippen molar-refractivity contribution < 1.29 is 0 Å². The van der Waals surface area contributed by atoms with Crippen LogP contribution in [0.2, 0.25) is 0 Å². The predicted octanol–water partition coefficient (Wildman–Crippen LogP) is 2.21. The first-order valence-corrected chi connectivity index (χ1v) is 4.92. The SMILES string of the molecule is C[C@H](Cc1ccccc1)N=CN(C)C. The minimum atomic E-state index is 0.347. The molecule has 0 fully saturated rings. The molecular formula is C12H18N2. The molecule has 0 unspecified atom stereocenters. The quantitative estimate of drug-likeness (QED) is 0.525. The van der Waals surface area contributed by atoms with Gasteiger partial charge in [-0.05, 0) is 18.9 Å². The first-order valence-electron chi connectivity index (χ1n) is 4.92. The second-order valence-electron chi connectivity index (χ2n) is 3.77. The monoisotopic (exact) mass is 190 g/mol. The summed E-state index contributed by atoms with van der Waals surface area (Å²) in [5.41, 5.74) is 1.34. The highest BCUT2D eigenvalue weighted by Gasteiger charge is 1.99. The van der Waals surface area contributed by atoms with E-state index in [1.165, 1.54) is 5.56 Å². The molecule has 0 N–H and O–H groups in total. The van der Waals surface area contributed by atoms with Crippen LogP contribution in [0.3, 0.4) is 0 Å². The van der Waals surface area contributed by atoms with Crippen LogP contribution in [-0.4, -0.2) is 31.4 Å². The van der Waals surface area contributed by atoms with Gasteiger partial charge in [-0.15, -0.1) is 0 Å². The summed E-state index contributed by atoms with van der Waals surface area (Å²) >= 11 is 0. The highest BCUT2D eigenvalue weighted by Crippen LogP contribution is 2.04. The van der Waals surface area contributed by atoms with Crippen LogP contribution in [-0.2, 0) is 6.42 Å². The van der Waals surface area contributed by atoms with E-state index in [9.17, 15) is 0 Å². The van der Waals surface area contributed by atoms with E-state index in [0.717, 1.165) is 6.42 Å². The summed E-state index contributed by atoms with van der Waals surface area (Å²) < 4.78 is 0. The molecule has 0 amide bonds. The Hall–Kier alpha value is -1.31. The van der Waals surface area contributed by atoms with E-state index in [1.807, 2.05) is 31.4 Å². The Labute approximate surface area is 86.3 Å². The van der Waals surface area contributed by atoms with Crippen LogP contribution in [0.4, 0.5) is 0 Å². The summed E-state index contributed by atoms with van der Waals surface area (Å²) in [7, 11) is 3.97. The zero-order valence-electron chi connectivity index (χ0n) is 9.14. The van der Waals surface area contributed by atoms with E-state index >= 15 is 0 Å². The number of benzene rings is 1. The number of rotatable bonds is 4. The molecule has 0 aliphatic carbocycles. The Morgan fingerprint density at radius 2 is 1.93 bits per heavy atom. The van der Waals surface area contributed by atoms with Gasteiger partial charge in [-0.1, -0.05) is 30.3 Å². The van der Waals surface area contributed by atoms with Crippen LogP contribution in [0.15, 0.2) is 35.3 Å². The Bertz CT molecular complexity index is 278. The van der Waals surface area contributed by atoms with Gasteiger partial charge in [0, 0.05) is 14.1 Å². The summed E-state index contributed by atoms with van der Waals surface area (Å²) in [5.74, 6) is 0. The third kappa shape index (κ3) is 4.08. The van der Waals surface area contributed by atoms with E-state index in [-0.39, 0.29) is 0 Å². The molecule has 0 saturated carbocycles. The molecule has 0 saturated heterocycles. The van der Waals surface area contributed by atoms with E-state index in [4.69, 9.17) is 0 Å². The number of hydrogen-bond acceptors (Lipinski definition) is 1. The maximum absolute atomic E-state index is 4.42. The van der Waals surface area contributed by atoms with Crippen molar-refractivity contribution in [3.8, 4) is 0 Å². The number of hydrogen-bond donors (Lipinski definition) is 0. The van der Waals surface area contributed by atoms with Gasteiger partial charge in [-0.3, -0.25) is 4.99 Å². The molecule has 76 valence electrons. The Kier molecular flexibility index (Phi) is 4.17. The molecule has 1 atom stereocenters. The van der Waals surface area contributed by atoms with Crippen LogP contribution in [0.1, 0.15) is 12.5 Å². The highest BCUT2D eigenvalue weighted by atomic mass is 15.1. The van der Waals surface area contributed by atoms with Crippen molar-refractivity contribution in [2.45, 2.75) is 19.4 Å². The Balaban J connectivity index is 2.45. The highest BCUT2D eigenvalue weighted by molar-refractivity contribution is 5.54. The van der Waals surface area contributed by atoms with E-state index in [0.29, 0.717) is 6.04 Å². The molecule has 14 heavy (non-hydrogen) atoms. The van der Waals surface area contributed by atoms with Gasteiger partial charge in [-0.25, -0.2) is 0 Å². The van der Waals surface area contributed by atoms with Gasteiger partial charge in [0.15, 0.2) is 0 Å². The van der Waals surface area contributed by atoms with Crippen molar-refractivity contribution in [1.82, 2.24) is 4.90 Å². The van der Waals surface area contributed by atoms with Crippen LogP contribution < -0.4 is 0 Å². The molecule has 2 heteroatoms. The van der Waals surface area contributed by atoms with Crippen molar-refractivity contribution in [3.63, 3.8) is 0 Å². The minimum absolute atomic E-state index is 0.347. The van der Waals surface area contributed by atoms with Crippen molar-refractivity contribution >= 4 is 6.34 Å². The number of aliphatic imine (C=N–C) groups is 1. The maximum atomic E-state index is 4.42. The summed E-state index contributed by atoms with van der Waals surface area (Å²) in [6, 6.07) is 10.8. The van der Waals surface area contributed by atoms with Crippen molar-refractivity contribution in [1.29, 1.82) is 0 Å². The zero-order valence-corrected chi connectivity index (χ0v) is 9.14. The van der Waals surface area contributed by atoms with Gasteiger partial charge in [0.2, 0.25) is 0 Å². The summed E-state index contributed by atoms with van der Waals surface area (Å²) in [4.78, 5) is 6.38. The van der Waals surface area contributed by atoms with Crippen LogP contribution in [0.25, 0.3) is 0 Å². The fraction of sp³-hybridized carbons (Fsp3) is 0.417. The zero-order chi connectivity index (χ0) is 10.4. The molecule has 1 rings (SSSR count). The Morgan fingerprint density at radius 1 is 1.29 bits per heavy atom. The van der Waals surface area contributed by atoms with Crippen LogP contribution >= 0.6 is 0 Å². The van der Waals surface area contributed by atoms with Gasteiger partial charge in [0.1, 0.15) is 0 Å². The van der Waals surface area contributed by atoms with Gasteiger partial charge in [0.05, 0.1) is 12.4 Å². The smallest absolute Gasteiger partial charge is 0.0848 e. The lowest BCUT2D eigenvalue weighted by Crippen LogP contribution is -2.11. The fourth-order valence-electron chi connectivity index (χ4n) is 1.26. The maximum Gasteiger partial charge on any atom is 0.0848 e. The summed E-state index contributed by atoms with van der Waals surface area (Å²) in [5, 5.41) is 0. The Morgan fingerprint density at radius 3 is 2.50 bits per heavy atom. The van der Waals surface area contributed by atoms with Gasteiger partial charge in [-0.2, -0.15) is 0 Å². The average molecular weight is 190 g/mol. The third-order valence-electron chi connectivity index (χ3n) is 1.93. The van der Waals surface area contributed by atoms with Crippen molar-refractivity contribution in [2.75, 3.05) is 14.1 Å². The topological polar surface area (TPSA) is 15.6 Å². The van der Waals surface area contributed by atoms with Crippen molar-refractivity contribution in [2.24, 2.45) is 4.99 Å². The lowest BCUT2D eigenvalue weighted by atomic mass is 10.1. The molecule has 0 aliphatic heterocycles. The first kappa shape index (κ1) is 10.8. The molecule has 0 bridgehead atoms. The third-order valence-corrected chi connectivity index (χ3v) is 1.93. The summed E-state index contributed by atoms with van der Waals surface area (Å²) in [6.45, 7) is 2.13. The average Bonchev–Trinajstić information content (AvgIpc) is 2.16. The lowest BCUT2D eigenvalue weighted by Gasteiger charge is -2.08. The van der Waals surface area contributed by atoms with E-state index < -0.39 is 0 Å². The van der Waals surface area contributed by atoms with Crippen LogP contribution in [0, 0.1) is 0 Å². The standard InChI is InChI=1S/C12H18N2/c1-11(13-10-14(2)3)9-12-7-5-4-6-8-12/h4-8,10-11H,9H2,1-3H3/t11-/m1/s1. The molecule has 0 spiro atoms. The minimum Gasteiger partial charge on any atom is -0.369 e. The van der Waals surface area contributed by atoms with Gasteiger partial charge < -0.3 is 4.90 Å². The molecule has 0 aromatic heterocycles. The first-order chi connectivity index (χ1) is 6.68. The van der Waals surface area contributed by atoms with E-state index in [2.05, 4.69) is 36.2 Å². The molecule has 1 aromatic rings. The largest absolute Gasteiger partial charge is 0.369 e. The van der Waals surface area contributed by atoms with Crippen molar-refractivity contribution in [3.05, 3.63) is 35.9 Å². The molecule has 0 radical (unpaired) electrons. The normalized spacial score (nSPS) is 13.1. The molecule has 0 heterocycles. The molecule has 0 aliphatic rings. The number of nitrogens with zero attached hydrogens (tertiary/aromatic N) is 2. The lowest BCUT2D eigenvalue weighted by molar-refractivity contribution is 0.625. The molecule has 1 aromatic carbocycles. The fourth-order valence-corrected chi connectivity index (χ4v) is 1.26. The second-order valence-corrected chi connectivity index (χ2v) is 3.77. The second kappa shape index (κ2) is 5.43.